The van der Waals surface area contributed by atoms with Crippen LogP contribution in [-0.4, -0.2) is 23.6 Å². The molecule has 106 valence electrons. The fourth-order valence-corrected chi connectivity index (χ4v) is 2.61. The van der Waals surface area contributed by atoms with Gasteiger partial charge in [0.2, 0.25) is 0 Å². The first-order valence-electron chi connectivity index (χ1n) is 6.52. The van der Waals surface area contributed by atoms with Crippen molar-refractivity contribution in [1.82, 2.24) is 0 Å². The molecule has 0 spiro atoms. The zero-order valence-corrected chi connectivity index (χ0v) is 12.1. The van der Waals surface area contributed by atoms with Crippen LogP contribution in [-0.2, 0) is 5.75 Å². The van der Waals surface area contributed by atoms with E-state index in [2.05, 4.69) is 12.1 Å². The minimum atomic E-state index is -0.471. The highest BCUT2D eigenvalue weighted by molar-refractivity contribution is 7.98. The summed E-state index contributed by atoms with van der Waals surface area (Å²) in [6, 6.07) is 17.4. The van der Waals surface area contributed by atoms with Gasteiger partial charge in [-0.25, -0.2) is 0 Å². The largest absolute Gasteiger partial charge is 0.491 e. The van der Waals surface area contributed by atoms with Gasteiger partial charge >= 0.3 is 0 Å². The van der Waals surface area contributed by atoms with Crippen LogP contribution in [0.1, 0.15) is 5.56 Å². The van der Waals surface area contributed by atoms with Crippen molar-refractivity contribution in [2.24, 2.45) is 0 Å². The van der Waals surface area contributed by atoms with E-state index in [1.54, 1.807) is 36.0 Å². The Labute approximate surface area is 123 Å². The van der Waals surface area contributed by atoms with E-state index in [4.69, 9.17) is 10.5 Å². The standard InChI is InChI=1S/C16H19NO2S/c17-14-6-8-16(9-7-14)19-10-15(18)12-20-11-13-4-2-1-3-5-13/h1-9,15,18H,10-12,17H2. The summed E-state index contributed by atoms with van der Waals surface area (Å²) in [7, 11) is 0. The molecule has 0 aliphatic carbocycles. The van der Waals surface area contributed by atoms with Gasteiger partial charge in [0.15, 0.2) is 0 Å². The number of nitrogen functional groups attached to an aromatic ring is 1. The number of anilines is 1. The van der Waals surface area contributed by atoms with E-state index in [1.165, 1.54) is 5.56 Å². The third-order valence-electron chi connectivity index (χ3n) is 2.74. The molecule has 0 aliphatic heterocycles. The van der Waals surface area contributed by atoms with Crippen molar-refractivity contribution in [1.29, 1.82) is 0 Å². The lowest BCUT2D eigenvalue weighted by molar-refractivity contribution is 0.126. The second-order valence-electron chi connectivity index (χ2n) is 4.53. The van der Waals surface area contributed by atoms with Gasteiger partial charge in [-0.3, -0.25) is 0 Å². The van der Waals surface area contributed by atoms with Gasteiger partial charge in [-0.2, -0.15) is 11.8 Å². The van der Waals surface area contributed by atoms with E-state index in [9.17, 15) is 5.11 Å². The number of aliphatic hydroxyl groups excluding tert-OH is 1. The summed E-state index contributed by atoms with van der Waals surface area (Å²) >= 11 is 1.70. The van der Waals surface area contributed by atoms with Crippen molar-refractivity contribution in [3.63, 3.8) is 0 Å². The monoisotopic (exact) mass is 289 g/mol. The highest BCUT2D eigenvalue weighted by atomic mass is 32.2. The lowest BCUT2D eigenvalue weighted by atomic mass is 10.2. The van der Waals surface area contributed by atoms with Gasteiger partial charge in [-0.15, -0.1) is 0 Å². The van der Waals surface area contributed by atoms with Gasteiger partial charge in [-0.05, 0) is 29.8 Å². The Morgan fingerprint density at radius 2 is 1.75 bits per heavy atom. The lowest BCUT2D eigenvalue weighted by Crippen LogP contribution is -2.20. The molecule has 0 aliphatic rings. The molecule has 0 radical (unpaired) electrons. The van der Waals surface area contributed by atoms with E-state index in [-0.39, 0.29) is 0 Å². The molecule has 1 atom stereocenters. The second-order valence-corrected chi connectivity index (χ2v) is 5.56. The van der Waals surface area contributed by atoms with E-state index in [0.29, 0.717) is 18.0 Å². The summed E-state index contributed by atoms with van der Waals surface area (Å²) in [5.74, 6) is 2.29. The van der Waals surface area contributed by atoms with Gasteiger partial charge in [0.05, 0.1) is 6.10 Å². The highest BCUT2D eigenvalue weighted by Gasteiger charge is 2.05. The molecule has 0 fully saturated rings. The van der Waals surface area contributed by atoms with Crippen molar-refractivity contribution in [2.45, 2.75) is 11.9 Å². The Kier molecular flexibility index (Phi) is 5.77. The van der Waals surface area contributed by atoms with Crippen LogP contribution in [0.25, 0.3) is 0 Å². The van der Waals surface area contributed by atoms with Gasteiger partial charge in [0.1, 0.15) is 12.4 Å². The van der Waals surface area contributed by atoms with Crippen LogP contribution in [0, 0.1) is 0 Å². The SMILES string of the molecule is Nc1ccc(OCC(O)CSCc2ccccc2)cc1. The molecule has 0 saturated carbocycles. The Balaban J connectivity index is 1.65. The Bertz CT molecular complexity index is 502. The van der Waals surface area contributed by atoms with Crippen LogP contribution in [0.2, 0.25) is 0 Å². The number of benzene rings is 2. The summed E-state index contributed by atoms with van der Waals surface area (Å²) in [6.07, 6.45) is -0.471. The minimum absolute atomic E-state index is 0.297. The molecule has 3 N–H and O–H groups in total. The van der Waals surface area contributed by atoms with Crippen molar-refractivity contribution in [3.05, 3.63) is 60.2 Å². The first kappa shape index (κ1) is 14.8. The Hall–Kier alpha value is -1.65. The average molecular weight is 289 g/mol. The average Bonchev–Trinajstić information content (AvgIpc) is 2.48. The lowest BCUT2D eigenvalue weighted by Gasteiger charge is -2.12. The maximum atomic E-state index is 9.87. The van der Waals surface area contributed by atoms with Gasteiger partial charge in [0.25, 0.3) is 0 Å². The third kappa shape index (κ3) is 5.15. The number of ether oxygens (including phenoxy) is 1. The molecule has 3 nitrogen and oxygen atoms in total. The summed E-state index contributed by atoms with van der Waals surface area (Å²) in [4.78, 5) is 0. The van der Waals surface area contributed by atoms with Crippen molar-refractivity contribution >= 4 is 17.4 Å². The van der Waals surface area contributed by atoms with Crippen LogP contribution in [0.3, 0.4) is 0 Å². The molecule has 1 unspecified atom stereocenters. The van der Waals surface area contributed by atoms with E-state index < -0.39 is 6.10 Å². The molecule has 0 heterocycles. The maximum absolute atomic E-state index is 9.87. The molecule has 0 aromatic heterocycles. The van der Waals surface area contributed by atoms with Crippen molar-refractivity contribution in [2.75, 3.05) is 18.1 Å². The quantitative estimate of drug-likeness (QED) is 0.770. The maximum Gasteiger partial charge on any atom is 0.119 e. The number of nitrogens with two attached hydrogens (primary N) is 1. The van der Waals surface area contributed by atoms with Crippen LogP contribution >= 0.6 is 11.8 Å². The van der Waals surface area contributed by atoms with Crippen LogP contribution in [0.15, 0.2) is 54.6 Å². The van der Waals surface area contributed by atoms with Crippen molar-refractivity contribution < 1.29 is 9.84 Å². The first-order chi connectivity index (χ1) is 9.74. The number of hydrogen-bond acceptors (Lipinski definition) is 4. The molecule has 2 aromatic rings. The highest BCUT2D eigenvalue weighted by Crippen LogP contribution is 2.15. The molecule has 4 heteroatoms. The topological polar surface area (TPSA) is 55.5 Å². The van der Waals surface area contributed by atoms with Crippen LogP contribution in [0.4, 0.5) is 5.69 Å². The molecule has 0 bridgehead atoms. The molecule has 0 saturated heterocycles. The zero-order valence-electron chi connectivity index (χ0n) is 11.2. The van der Waals surface area contributed by atoms with Crippen LogP contribution in [0.5, 0.6) is 5.75 Å². The zero-order chi connectivity index (χ0) is 14.2. The summed E-state index contributed by atoms with van der Waals surface area (Å²) in [6.45, 7) is 0.297. The molecule has 2 rings (SSSR count). The van der Waals surface area contributed by atoms with Gasteiger partial charge in [0, 0.05) is 17.2 Å². The number of rotatable bonds is 7. The molecular weight excluding hydrogens is 270 g/mol. The van der Waals surface area contributed by atoms with E-state index >= 15 is 0 Å². The third-order valence-corrected chi connectivity index (χ3v) is 3.90. The fraction of sp³-hybridized carbons (Fsp3) is 0.250. The van der Waals surface area contributed by atoms with Crippen LogP contribution < -0.4 is 10.5 Å². The van der Waals surface area contributed by atoms with Gasteiger partial charge < -0.3 is 15.6 Å². The number of hydrogen-bond donors (Lipinski definition) is 2. The molecule has 0 amide bonds. The van der Waals surface area contributed by atoms with E-state index in [1.807, 2.05) is 18.2 Å². The minimum Gasteiger partial charge on any atom is -0.491 e. The second kappa shape index (κ2) is 7.82. The van der Waals surface area contributed by atoms with E-state index in [0.717, 1.165) is 11.5 Å². The molecular formula is C16H19NO2S. The summed E-state index contributed by atoms with van der Waals surface area (Å²) in [5, 5.41) is 9.87. The summed E-state index contributed by atoms with van der Waals surface area (Å²) in [5.41, 5.74) is 7.57. The first-order valence-corrected chi connectivity index (χ1v) is 7.67. The molecule has 2 aromatic carbocycles. The normalized spacial score (nSPS) is 12.1. The Morgan fingerprint density at radius 1 is 1.05 bits per heavy atom. The fourth-order valence-electron chi connectivity index (χ4n) is 1.69. The Morgan fingerprint density at radius 3 is 2.45 bits per heavy atom. The predicted molar refractivity (Wildman–Crippen MR) is 85.0 cm³/mol. The van der Waals surface area contributed by atoms with Crippen molar-refractivity contribution in [3.8, 4) is 5.75 Å². The summed E-state index contributed by atoms with van der Waals surface area (Å²) < 4.78 is 5.51. The predicted octanol–water partition coefficient (Wildman–Crippen LogP) is 2.94. The van der Waals surface area contributed by atoms with Gasteiger partial charge in [-0.1, -0.05) is 30.3 Å². The smallest absolute Gasteiger partial charge is 0.119 e. The molecule has 20 heavy (non-hydrogen) atoms. The number of aliphatic hydroxyl groups is 1. The number of thioether (sulfide) groups is 1.